The van der Waals surface area contributed by atoms with Crippen LogP contribution >= 0.6 is 11.6 Å². The number of alkyl carbamates (subject to hydrolysis) is 1. The van der Waals surface area contributed by atoms with Crippen LogP contribution in [-0.2, 0) is 27.4 Å². The van der Waals surface area contributed by atoms with Crippen LogP contribution in [0.3, 0.4) is 0 Å². The Morgan fingerprint density at radius 3 is 2.70 bits per heavy atom. The highest BCUT2D eigenvalue weighted by atomic mass is 35.5. The van der Waals surface area contributed by atoms with E-state index in [9.17, 15) is 32.3 Å². The average Bonchev–Trinajstić information content (AvgIpc) is 3.20. The summed E-state index contributed by atoms with van der Waals surface area (Å²) in [6, 6.07) is 2.79. The number of fused-ring (bicyclic) bond motifs is 1. The van der Waals surface area contributed by atoms with Gasteiger partial charge in [0.1, 0.15) is 18.0 Å². The molecule has 1 saturated carbocycles. The molecule has 1 aromatic carbocycles. The van der Waals surface area contributed by atoms with Crippen molar-refractivity contribution in [1.82, 2.24) is 20.5 Å². The van der Waals surface area contributed by atoms with E-state index in [2.05, 4.69) is 20.4 Å². The van der Waals surface area contributed by atoms with Gasteiger partial charge in [0.2, 0.25) is 11.8 Å². The van der Waals surface area contributed by atoms with Crippen molar-refractivity contribution in [3.8, 4) is 5.75 Å². The summed E-state index contributed by atoms with van der Waals surface area (Å²) >= 11 is 6.30. The zero-order valence-corrected chi connectivity index (χ0v) is 21.3. The van der Waals surface area contributed by atoms with Gasteiger partial charge in [0.25, 0.3) is 5.91 Å². The van der Waals surface area contributed by atoms with Crippen LogP contribution in [-0.4, -0.2) is 52.2 Å². The minimum absolute atomic E-state index is 0.0378. The highest BCUT2D eigenvalue weighted by molar-refractivity contribution is 6.32. The van der Waals surface area contributed by atoms with Crippen molar-refractivity contribution in [2.75, 3.05) is 0 Å². The summed E-state index contributed by atoms with van der Waals surface area (Å²) in [5, 5.41) is 4.61. The quantitative estimate of drug-likeness (QED) is 0.391. The third-order valence-electron chi connectivity index (χ3n) is 6.99. The molecule has 0 bridgehead atoms. The van der Waals surface area contributed by atoms with E-state index in [-0.39, 0.29) is 66.2 Å². The summed E-state index contributed by atoms with van der Waals surface area (Å²) in [6.45, 7) is -0.482. The Kier molecular flexibility index (Phi) is 7.29. The van der Waals surface area contributed by atoms with Crippen LogP contribution in [0.1, 0.15) is 58.8 Å². The number of piperidine rings is 1. The van der Waals surface area contributed by atoms with E-state index in [1.807, 2.05) is 0 Å². The zero-order valence-electron chi connectivity index (χ0n) is 20.5. The number of alkyl halides is 3. The second-order valence-corrected chi connectivity index (χ2v) is 9.98. The predicted octanol–water partition coefficient (Wildman–Crippen LogP) is 3.71. The summed E-state index contributed by atoms with van der Waals surface area (Å²) in [7, 11) is 0. The maximum absolute atomic E-state index is 15.3. The van der Waals surface area contributed by atoms with Crippen LogP contribution in [0.4, 0.5) is 22.4 Å². The fourth-order valence-corrected chi connectivity index (χ4v) is 5.29. The number of hydrogen-bond acceptors (Lipinski definition) is 7. The second-order valence-electron chi connectivity index (χ2n) is 9.57. The lowest BCUT2D eigenvalue weighted by Gasteiger charge is -2.34. The first kappa shape index (κ1) is 27.6. The Balaban J connectivity index is 1.18. The molecule has 212 valence electrons. The monoisotopic (exact) mass is 584 g/mol. The lowest BCUT2D eigenvalue weighted by Crippen LogP contribution is -2.52. The summed E-state index contributed by atoms with van der Waals surface area (Å²) in [4.78, 5) is 54.1. The van der Waals surface area contributed by atoms with Gasteiger partial charge in [0, 0.05) is 47.8 Å². The van der Waals surface area contributed by atoms with Crippen molar-refractivity contribution in [2.45, 2.75) is 63.2 Å². The summed E-state index contributed by atoms with van der Waals surface area (Å²) < 4.78 is 62.6. The van der Waals surface area contributed by atoms with Gasteiger partial charge in [-0.05, 0) is 37.5 Å². The number of rotatable bonds is 6. The standard InChI is InChI=1S/C25H21ClF4N4O6/c26-15-8-12(20(27)19-14(15)10-34(23(19)37)16-3-4-18(35)33-22(16)36)9-32-24(38)39-13-6-11(7-13)21-17(2-1-5-31-21)40-25(28,29)30/h1-2,5,8,11,13,16H,3-4,6-7,9-10H2,(H,32,38)(H,33,35,36)/t11?,13?,16-/m0/s1. The third-order valence-corrected chi connectivity index (χ3v) is 7.32. The first-order chi connectivity index (χ1) is 18.9. The third kappa shape index (κ3) is 5.53. The molecule has 5 rings (SSSR count). The van der Waals surface area contributed by atoms with Crippen molar-refractivity contribution in [3.63, 3.8) is 0 Å². The predicted molar refractivity (Wildman–Crippen MR) is 127 cm³/mol. The Labute approximate surface area is 228 Å². The van der Waals surface area contributed by atoms with Crippen LogP contribution in [0.25, 0.3) is 0 Å². The molecule has 3 aliphatic rings. The summed E-state index contributed by atoms with van der Waals surface area (Å²) in [5.74, 6) is -3.60. The zero-order chi connectivity index (χ0) is 28.8. The van der Waals surface area contributed by atoms with Gasteiger partial charge in [0.15, 0.2) is 5.75 Å². The molecule has 10 nitrogen and oxygen atoms in total. The number of aromatic nitrogens is 1. The Bertz CT molecular complexity index is 1400. The van der Waals surface area contributed by atoms with Gasteiger partial charge < -0.3 is 19.7 Å². The minimum atomic E-state index is -4.87. The van der Waals surface area contributed by atoms with E-state index < -0.39 is 59.8 Å². The minimum Gasteiger partial charge on any atom is -0.446 e. The van der Waals surface area contributed by atoms with Crippen LogP contribution in [0, 0.1) is 5.82 Å². The average molecular weight is 585 g/mol. The van der Waals surface area contributed by atoms with Gasteiger partial charge in [-0.1, -0.05) is 11.6 Å². The lowest BCUT2D eigenvalue weighted by atomic mass is 9.79. The molecule has 2 fully saturated rings. The van der Waals surface area contributed by atoms with Gasteiger partial charge >= 0.3 is 12.5 Å². The SMILES string of the molecule is O=C1CC[C@H](N2Cc3c(Cl)cc(CNC(=O)OC4CC(c5ncccc5OC(F)(F)F)C4)c(F)c3C2=O)C(=O)N1. The van der Waals surface area contributed by atoms with Gasteiger partial charge in [-0.25, -0.2) is 9.18 Å². The van der Waals surface area contributed by atoms with Crippen molar-refractivity contribution < 1.29 is 46.2 Å². The number of carbonyl (C=O) groups is 4. The van der Waals surface area contributed by atoms with Crippen LogP contribution in [0.2, 0.25) is 5.02 Å². The fraction of sp³-hybridized carbons (Fsp3) is 0.400. The normalized spacial score (nSPS) is 22.4. The number of hydrogen-bond donors (Lipinski definition) is 2. The van der Waals surface area contributed by atoms with Crippen LogP contribution < -0.4 is 15.4 Å². The molecular weight excluding hydrogens is 564 g/mol. The topological polar surface area (TPSA) is 127 Å². The number of amides is 4. The number of pyridine rings is 1. The Morgan fingerprint density at radius 1 is 1.25 bits per heavy atom. The highest BCUT2D eigenvalue weighted by Crippen LogP contribution is 2.42. The molecule has 3 heterocycles. The molecule has 1 aliphatic carbocycles. The number of carbonyl (C=O) groups excluding carboxylic acids is 4. The van der Waals surface area contributed by atoms with Crippen molar-refractivity contribution in [2.24, 2.45) is 0 Å². The van der Waals surface area contributed by atoms with Crippen molar-refractivity contribution in [1.29, 1.82) is 0 Å². The van der Waals surface area contributed by atoms with E-state index in [1.165, 1.54) is 18.3 Å². The van der Waals surface area contributed by atoms with Crippen LogP contribution in [0.5, 0.6) is 5.75 Å². The molecule has 2 aromatic rings. The van der Waals surface area contributed by atoms with Crippen LogP contribution in [0.15, 0.2) is 24.4 Å². The molecule has 0 spiro atoms. The first-order valence-electron chi connectivity index (χ1n) is 12.2. The molecule has 2 aliphatic heterocycles. The molecule has 0 radical (unpaired) electrons. The number of benzene rings is 1. The number of halogens is 5. The van der Waals surface area contributed by atoms with E-state index >= 15 is 4.39 Å². The molecule has 1 atom stereocenters. The number of imide groups is 1. The molecule has 4 amide bonds. The lowest BCUT2D eigenvalue weighted by molar-refractivity contribution is -0.275. The number of nitrogens with one attached hydrogen (secondary N) is 2. The largest absolute Gasteiger partial charge is 0.573 e. The van der Waals surface area contributed by atoms with E-state index in [1.54, 1.807) is 0 Å². The maximum atomic E-state index is 15.3. The molecule has 2 N–H and O–H groups in total. The van der Waals surface area contributed by atoms with E-state index in [0.29, 0.717) is 0 Å². The molecule has 1 saturated heterocycles. The molecule has 0 unspecified atom stereocenters. The molecule has 40 heavy (non-hydrogen) atoms. The number of ether oxygens (including phenoxy) is 2. The maximum Gasteiger partial charge on any atom is 0.573 e. The molecule has 1 aromatic heterocycles. The second kappa shape index (κ2) is 10.6. The van der Waals surface area contributed by atoms with Gasteiger partial charge in [-0.15, -0.1) is 13.2 Å². The van der Waals surface area contributed by atoms with E-state index in [0.717, 1.165) is 11.0 Å². The summed E-state index contributed by atoms with van der Waals surface area (Å²) in [5.41, 5.74) is -0.0976. The fourth-order valence-electron chi connectivity index (χ4n) is 5.00. The van der Waals surface area contributed by atoms with Gasteiger partial charge in [-0.2, -0.15) is 0 Å². The van der Waals surface area contributed by atoms with E-state index in [4.69, 9.17) is 16.3 Å². The number of nitrogens with zero attached hydrogens (tertiary/aromatic N) is 2. The van der Waals surface area contributed by atoms with Crippen molar-refractivity contribution >= 4 is 35.4 Å². The Hall–Kier alpha value is -3.94. The highest BCUT2D eigenvalue weighted by Gasteiger charge is 2.42. The van der Waals surface area contributed by atoms with Gasteiger partial charge in [-0.3, -0.25) is 24.7 Å². The first-order valence-corrected chi connectivity index (χ1v) is 12.6. The summed E-state index contributed by atoms with van der Waals surface area (Å²) in [6.07, 6.45) is -4.48. The van der Waals surface area contributed by atoms with Crippen molar-refractivity contribution in [3.05, 3.63) is 57.6 Å². The smallest absolute Gasteiger partial charge is 0.446 e. The van der Waals surface area contributed by atoms with Gasteiger partial charge in [0.05, 0.1) is 11.3 Å². The molecule has 15 heteroatoms. The Morgan fingerprint density at radius 2 is 2.00 bits per heavy atom. The molecular formula is C25H21ClF4N4O6.